The Morgan fingerprint density at radius 1 is 1.26 bits per heavy atom. The maximum atomic E-state index is 3.61. The van der Waals surface area contributed by atoms with Crippen LogP contribution in [0.25, 0.3) is 0 Å². The number of hydrogen-bond donors (Lipinski definition) is 1. The van der Waals surface area contributed by atoms with Crippen LogP contribution in [0.5, 0.6) is 0 Å². The van der Waals surface area contributed by atoms with Crippen molar-refractivity contribution in [1.29, 1.82) is 0 Å². The maximum absolute atomic E-state index is 3.61. The van der Waals surface area contributed by atoms with Crippen LogP contribution < -0.4 is 5.32 Å². The summed E-state index contributed by atoms with van der Waals surface area (Å²) >= 11 is 5.55. The van der Waals surface area contributed by atoms with Gasteiger partial charge in [-0.25, -0.2) is 0 Å². The lowest BCUT2D eigenvalue weighted by atomic mass is 9.89. The highest BCUT2D eigenvalue weighted by molar-refractivity contribution is 9.10. The molecular weight excluding hydrogens is 318 g/mol. The summed E-state index contributed by atoms with van der Waals surface area (Å²) in [6, 6.07) is 9.06. The summed E-state index contributed by atoms with van der Waals surface area (Å²) in [7, 11) is 0. The van der Waals surface area contributed by atoms with E-state index in [1.807, 2.05) is 11.8 Å². The smallest absolute Gasteiger partial charge is 0.0311 e. The second kappa shape index (κ2) is 8.33. The Balaban J connectivity index is 2.47. The fraction of sp³-hybridized carbons (Fsp3) is 0.625. The zero-order chi connectivity index (χ0) is 14.3. The first kappa shape index (κ1) is 17.1. The van der Waals surface area contributed by atoms with E-state index in [-0.39, 0.29) is 0 Å². The zero-order valence-electron chi connectivity index (χ0n) is 12.5. The van der Waals surface area contributed by atoms with Crippen LogP contribution in [-0.2, 0) is 0 Å². The molecule has 0 saturated heterocycles. The molecule has 0 saturated carbocycles. The molecule has 1 nitrogen and oxygen atoms in total. The summed E-state index contributed by atoms with van der Waals surface area (Å²) < 4.78 is 1.20. The lowest BCUT2D eigenvalue weighted by Crippen LogP contribution is -2.32. The third-order valence-electron chi connectivity index (χ3n) is 3.01. The maximum Gasteiger partial charge on any atom is 0.0311 e. The molecule has 1 unspecified atom stereocenters. The van der Waals surface area contributed by atoms with Crippen molar-refractivity contribution in [2.75, 3.05) is 12.3 Å². The highest BCUT2D eigenvalue weighted by atomic mass is 79.9. The normalized spacial score (nSPS) is 13.5. The van der Waals surface area contributed by atoms with Crippen LogP contribution in [0, 0.1) is 5.41 Å². The SMILES string of the molecule is CCNC(CCC(C)(C)C)CSc1ccccc1Br. The van der Waals surface area contributed by atoms with Crippen LogP contribution in [0.4, 0.5) is 0 Å². The summed E-state index contributed by atoms with van der Waals surface area (Å²) in [6.07, 6.45) is 2.51. The van der Waals surface area contributed by atoms with E-state index < -0.39 is 0 Å². The molecule has 1 aromatic carbocycles. The number of nitrogens with one attached hydrogen (secondary N) is 1. The first-order chi connectivity index (χ1) is 8.92. The van der Waals surface area contributed by atoms with Gasteiger partial charge in [0.1, 0.15) is 0 Å². The van der Waals surface area contributed by atoms with Gasteiger partial charge in [0.2, 0.25) is 0 Å². The number of hydrogen-bond acceptors (Lipinski definition) is 2. The Kier molecular flexibility index (Phi) is 7.48. The van der Waals surface area contributed by atoms with Gasteiger partial charge in [0.15, 0.2) is 0 Å². The minimum absolute atomic E-state index is 0.422. The number of thioether (sulfide) groups is 1. The Morgan fingerprint density at radius 3 is 2.53 bits per heavy atom. The molecule has 0 heterocycles. The molecule has 0 aliphatic rings. The molecule has 0 radical (unpaired) electrons. The van der Waals surface area contributed by atoms with Crippen molar-refractivity contribution in [3.05, 3.63) is 28.7 Å². The van der Waals surface area contributed by atoms with Gasteiger partial charge in [0, 0.05) is 21.2 Å². The number of halogens is 1. The standard InChI is InChI=1S/C16H26BrNS/c1-5-18-13(10-11-16(2,3)4)12-19-15-9-7-6-8-14(15)17/h6-9,13,18H,5,10-12H2,1-4H3. The summed E-state index contributed by atoms with van der Waals surface area (Å²) in [5.74, 6) is 1.13. The first-order valence-electron chi connectivity index (χ1n) is 7.03. The van der Waals surface area contributed by atoms with E-state index in [0.717, 1.165) is 12.3 Å². The highest BCUT2D eigenvalue weighted by Crippen LogP contribution is 2.29. The van der Waals surface area contributed by atoms with E-state index in [0.29, 0.717) is 11.5 Å². The van der Waals surface area contributed by atoms with Gasteiger partial charge in [-0.2, -0.15) is 0 Å². The van der Waals surface area contributed by atoms with E-state index >= 15 is 0 Å². The van der Waals surface area contributed by atoms with Gasteiger partial charge in [0.05, 0.1) is 0 Å². The second-order valence-electron chi connectivity index (χ2n) is 6.10. The van der Waals surface area contributed by atoms with Gasteiger partial charge >= 0.3 is 0 Å². The van der Waals surface area contributed by atoms with E-state index in [4.69, 9.17) is 0 Å². The fourth-order valence-corrected chi connectivity index (χ4v) is 3.57. The van der Waals surface area contributed by atoms with Crippen molar-refractivity contribution in [3.63, 3.8) is 0 Å². The van der Waals surface area contributed by atoms with Crippen LogP contribution in [0.2, 0.25) is 0 Å². The highest BCUT2D eigenvalue weighted by Gasteiger charge is 2.15. The molecular formula is C16H26BrNS. The predicted octanol–water partition coefficient (Wildman–Crippen LogP) is 5.35. The Hall–Kier alpha value is 0.01000. The van der Waals surface area contributed by atoms with Crippen molar-refractivity contribution in [3.8, 4) is 0 Å². The van der Waals surface area contributed by atoms with Crippen molar-refractivity contribution in [1.82, 2.24) is 5.32 Å². The molecule has 1 N–H and O–H groups in total. The third kappa shape index (κ3) is 7.38. The molecule has 19 heavy (non-hydrogen) atoms. The molecule has 0 aliphatic carbocycles. The van der Waals surface area contributed by atoms with E-state index in [2.05, 4.69) is 73.2 Å². The van der Waals surface area contributed by atoms with E-state index in [9.17, 15) is 0 Å². The first-order valence-corrected chi connectivity index (χ1v) is 8.81. The second-order valence-corrected chi connectivity index (χ2v) is 8.01. The van der Waals surface area contributed by atoms with Gasteiger partial charge in [-0.05, 0) is 52.9 Å². The van der Waals surface area contributed by atoms with Crippen molar-refractivity contribution < 1.29 is 0 Å². The fourth-order valence-electron chi connectivity index (χ4n) is 1.89. The van der Waals surface area contributed by atoms with E-state index in [1.54, 1.807) is 0 Å². The quantitative estimate of drug-likeness (QED) is 0.670. The molecule has 108 valence electrons. The molecule has 1 rings (SSSR count). The molecule has 1 aromatic rings. The minimum atomic E-state index is 0.422. The molecule has 0 amide bonds. The van der Waals surface area contributed by atoms with Crippen LogP contribution in [-0.4, -0.2) is 18.3 Å². The van der Waals surface area contributed by atoms with Crippen molar-refractivity contribution >= 4 is 27.7 Å². The monoisotopic (exact) mass is 343 g/mol. The average Bonchev–Trinajstić information content (AvgIpc) is 2.33. The van der Waals surface area contributed by atoms with Crippen molar-refractivity contribution in [2.24, 2.45) is 5.41 Å². The van der Waals surface area contributed by atoms with Gasteiger partial charge in [-0.1, -0.05) is 39.8 Å². The Bertz CT molecular complexity index is 373. The van der Waals surface area contributed by atoms with Gasteiger partial charge < -0.3 is 5.32 Å². The lowest BCUT2D eigenvalue weighted by Gasteiger charge is -2.23. The lowest BCUT2D eigenvalue weighted by molar-refractivity contribution is 0.340. The van der Waals surface area contributed by atoms with Gasteiger partial charge in [-0.3, -0.25) is 0 Å². The zero-order valence-corrected chi connectivity index (χ0v) is 14.9. The van der Waals surface area contributed by atoms with Crippen LogP contribution in [0.1, 0.15) is 40.5 Å². The summed E-state index contributed by atoms with van der Waals surface area (Å²) in [5.41, 5.74) is 0.422. The molecule has 0 spiro atoms. The van der Waals surface area contributed by atoms with Gasteiger partial charge in [-0.15, -0.1) is 11.8 Å². The Labute approximate surface area is 131 Å². The largest absolute Gasteiger partial charge is 0.313 e. The molecule has 3 heteroatoms. The summed E-state index contributed by atoms with van der Waals surface area (Å²) in [6.45, 7) is 10.2. The third-order valence-corrected chi connectivity index (χ3v) is 5.20. The number of rotatable bonds is 7. The van der Waals surface area contributed by atoms with Crippen LogP contribution in [0.3, 0.4) is 0 Å². The van der Waals surface area contributed by atoms with Gasteiger partial charge in [0.25, 0.3) is 0 Å². The summed E-state index contributed by atoms with van der Waals surface area (Å²) in [5, 5.41) is 3.61. The predicted molar refractivity (Wildman–Crippen MR) is 91.0 cm³/mol. The number of benzene rings is 1. The molecule has 0 aliphatic heterocycles. The van der Waals surface area contributed by atoms with Crippen LogP contribution >= 0.6 is 27.7 Å². The molecule has 0 aromatic heterocycles. The molecule has 0 fully saturated rings. The van der Waals surface area contributed by atoms with Crippen molar-refractivity contribution in [2.45, 2.75) is 51.5 Å². The molecule has 0 bridgehead atoms. The van der Waals surface area contributed by atoms with Crippen LogP contribution in [0.15, 0.2) is 33.6 Å². The average molecular weight is 344 g/mol. The van der Waals surface area contributed by atoms with E-state index in [1.165, 1.54) is 22.2 Å². The summed E-state index contributed by atoms with van der Waals surface area (Å²) in [4.78, 5) is 1.33. The topological polar surface area (TPSA) is 12.0 Å². The Morgan fingerprint density at radius 2 is 1.95 bits per heavy atom. The molecule has 1 atom stereocenters. The minimum Gasteiger partial charge on any atom is -0.313 e.